The Balaban J connectivity index is 1.67. The highest BCUT2D eigenvalue weighted by Gasteiger charge is 2.31. The van der Waals surface area contributed by atoms with Crippen molar-refractivity contribution >= 4 is 5.91 Å². The van der Waals surface area contributed by atoms with Crippen LogP contribution in [-0.2, 0) is 11.3 Å². The quantitative estimate of drug-likeness (QED) is 0.836. The van der Waals surface area contributed by atoms with Crippen LogP contribution in [0.2, 0.25) is 0 Å². The van der Waals surface area contributed by atoms with Gasteiger partial charge in [0.1, 0.15) is 6.04 Å². The first-order chi connectivity index (χ1) is 12.1. The van der Waals surface area contributed by atoms with Crippen molar-refractivity contribution in [2.75, 3.05) is 40.3 Å². The van der Waals surface area contributed by atoms with Crippen molar-refractivity contribution in [2.45, 2.75) is 12.6 Å². The van der Waals surface area contributed by atoms with Crippen molar-refractivity contribution in [1.82, 2.24) is 19.7 Å². The molecule has 0 N–H and O–H groups in total. The van der Waals surface area contributed by atoms with Crippen LogP contribution in [-0.4, -0.2) is 65.9 Å². The Kier molecular flexibility index (Phi) is 5.79. The van der Waals surface area contributed by atoms with E-state index in [1.54, 1.807) is 4.90 Å². The molecule has 0 aliphatic carbocycles. The number of rotatable bonds is 5. The first-order valence-corrected chi connectivity index (χ1v) is 8.77. The van der Waals surface area contributed by atoms with E-state index in [0.29, 0.717) is 0 Å². The monoisotopic (exact) mass is 338 g/mol. The van der Waals surface area contributed by atoms with Gasteiger partial charge in [-0.15, -0.1) is 0 Å². The van der Waals surface area contributed by atoms with Crippen LogP contribution < -0.4 is 0 Å². The number of amides is 1. The number of likely N-dealkylation sites (N-methyl/N-ethyl adjacent to an activating group) is 1. The predicted octanol–water partition coefficient (Wildman–Crippen LogP) is 2.03. The average Bonchev–Trinajstić information content (AvgIpc) is 2.65. The molecule has 1 aliphatic rings. The molecule has 0 saturated carbocycles. The molecule has 5 heteroatoms. The Morgan fingerprint density at radius 1 is 1.04 bits per heavy atom. The number of piperazine rings is 1. The van der Waals surface area contributed by atoms with E-state index in [0.717, 1.165) is 44.0 Å². The number of aromatic nitrogens is 1. The summed E-state index contributed by atoms with van der Waals surface area (Å²) >= 11 is 0. The molecule has 1 aromatic carbocycles. The Bertz CT molecular complexity index is 667. The predicted molar refractivity (Wildman–Crippen MR) is 99.0 cm³/mol. The number of hydrogen-bond acceptors (Lipinski definition) is 4. The fraction of sp³-hybridized carbons (Fsp3) is 0.400. The van der Waals surface area contributed by atoms with E-state index in [2.05, 4.69) is 20.9 Å². The van der Waals surface area contributed by atoms with Gasteiger partial charge < -0.3 is 4.90 Å². The Labute approximate surface area is 149 Å². The topological polar surface area (TPSA) is 39.7 Å². The fourth-order valence-corrected chi connectivity index (χ4v) is 3.29. The van der Waals surface area contributed by atoms with Crippen molar-refractivity contribution in [1.29, 1.82) is 0 Å². The van der Waals surface area contributed by atoms with Gasteiger partial charge in [0.05, 0.1) is 5.69 Å². The molecule has 132 valence electrons. The first-order valence-electron chi connectivity index (χ1n) is 8.77. The third-order valence-electron chi connectivity index (χ3n) is 4.67. The lowest BCUT2D eigenvalue weighted by Gasteiger charge is -2.39. The normalized spacial score (nSPS) is 17.2. The molecular formula is C20H26N4O. The molecule has 1 aliphatic heterocycles. The van der Waals surface area contributed by atoms with Crippen LogP contribution in [0.3, 0.4) is 0 Å². The summed E-state index contributed by atoms with van der Waals surface area (Å²) in [4.78, 5) is 23.6. The molecule has 5 nitrogen and oxygen atoms in total. The maximum atomic E-state index is 12.8. The highest BCUT2D eigenvalue weighted by atomic mass is 16.2. The SMILES string of the molecule is CN(C)C(=O)C(c1ccccc1)N1CCN(Cc2ccccn2)CC1. The van der Waals surface area contributed by atoms with E-state index >= 15 is 0 Å². The summed E-state index contributed by atoms with van der Waals surface area (Å²) < 4.78 is 0. The number of carbonyl (C=O) groups excluding carboxylic acids is 1. The molecule has 3 rings (SSSR count). The molecule has 1 unspecified atom stereocenters. The van der Waals surface area contributed by atoms with Crippen molar-refractivity contribution in [3.8, 4) is 0 Å². The number of nitrogens with zero attached hydrogens (tertiary/aromatic N) is 4. The molecule has 1 amide bonds. The maximum Gasteiger partial charge on any atom is 0.244 e. The average molecular weight is 338 g/mol. The van der Waals surface area contributed by atoms with Gasteiger partial charge in [-0.25, -0.2) is 0 Å². The Morgan fingerprint density at radius 2 is 1.72 bits per heavy atom. The van der Waals surface area contributed by atoms with Gasteiger partial charge in [0, 0.05) is 53.0 Å². The van der Waals surface area contributed by atoms with Gasteiger partial charge >= 0.3 is 0 Å². The Morgan fingerprint density at radius 3 is 2.32 bits per heavy atom. The lowest BCUT2D eigenvalue weighted by atomic mass is 10.0. The van der Waals surface area contributed by atoms with Gasteiger partial charge in [-0.1, -0.05) is 36.4 Å². The standard InChI is InChI=1S/C20H26N4O/c1-22(2)20(25)19(17-8-4-3-5-9-17)24-14-12-23(13-15-24)16-18-10-6-7-11-21-18/h3-11,19H,12-16H2,1-2H3. The van der Waals surface area contributed by atoms with Crippen LogP contribution in [0.4, 0.5) is 0 Å². The summed E-state index contributed by atoms with van der Waals surface area (Å²) in [5.74, 6) is 0.143. The minimum Gasteiger partial charge on any atom is -0.347 e. The summed E-state index contributed by atoms with van der Waals surface area (Å²) in [5, 5.41) is 0. The third kappa shape index (κ3) is 4.44. The van der Waals surface area contributed by atoms with E-state index in [9.17, 15) is 4.79 Å². The van der Waals surface area contributed by atoms with Crippen LogP contribution in [0.1, 0.15) is 17.3 Å². The van der Waals surface area contributed by atoms with Crippen LogP contribution >= 0.6 is 0 Å². The van der Waals surface area contributed by atoms with Gasteiger partial charge in [-0.05, 0) is 17.7 Å². The van der Waals surface area contributed by atoms with E-state index in [4.69, 9.17) is 0 Å². The summed E-state index contributed by atoms with van der Waals surface area (Å²) in [6, 6.07) is 15.9. The number of benzene rings is 1. The van der Waals surface area contributed by atoms with Gasteiger partial charge in [0.15, 0.2) is 0 Å². The van der Waals surface area contributed by atoms with Crippen LogP contribution in [0.5, 0.6) is 0 Å². The molecule has 0 spiro atoms. The van der Waals surface area contributed by atoms with Crippen molar-refractivity contribution in [3.63, 3.8) is 0 Å². The minimum absolute atomic E-state index is 0.143. The smallest absolute Gasteiger partial charge is 0.244 e. The van der Waals surface area contributed by atoms with Gasteiger partial charge in [-0.2, -0.15) is 0 Å². The molecule has 2 heterocycles. The second-order valence-electron chi connectivity index (χ2n) is 6.68. The van der Waals surface area contributed by atoms with Gasteiger partial charge in [0.2, 0.25) is 5.91 Å². The zero-order valence-electron chi connectivity index (χ0n) is 15.0. The van der Waals surface area contributed by atoms with E-state index in [1.807, 2.05) is 62.8 Å². The van der Waals surface area contributed by atoms with Crippen LogP contribution in [0, 0.1) is 0 Å². The zero-order valence-corrected chi connectivity index (χ0v) is 15.0. The number of carbonyl (C=O) groups is 1. The van der Waals surface area contributed by atoms with E-state index in [-0.39, 0.29) is 11.9 Å². The van der Waals surface area contributed by atoms with E-state index < -0.39 is 0 Å². The van der Waals surface area contributed by atoms with E-state index in [1.165, 1.54) is 0 Å². The van der Waals surface area contributed by atoms with Crippen molar-refractivity contribution in [2.24, 2.45) is 0 Å². The molecule has 1 atom stereocenters. The largest absolute Gasteiger partial charge is 0.347 e. The second kappa shape index (κ2) is 8.23. The second-order valence-corrected chi connectivity index (χ2v) is 6.68. The minimum atomic E-state index is -0.201. The highest BCUT2D eigenvalue weighted by Crippen LogP contribution is 2.24. The Hall–Kier alpha value is -2.24. The fourth-order valence-electron chi connectivity index (χ4n) is 3.29. The molecule has 0 bridgehead atoms. The summed E-state index contributed by atoms with van der Waals surface area (Å²) in [5.41, 5.74) is 2.17. The third-order valence-corrected chi connectivity index (χ3v) is 4.67. The van der Waals surface area contributed by atoms with Crippen LogP contribution in [0.15, 0.2) is 54.7 Å². The molecule has 1 fully saturated rings. The molecule has 1 aromatic heterocycles. The van der Waals surface area contributed by atoms with Crippen molar-refractivity contribution in [3.05, 3.63) is 66.0 Å². The highest BCUT2D eigenvalue weighted by molar-refractivity contribution is 5.82. The first kappa shape index (κ1) is 17.6. The lowest BCUT2D eigenvalue weighted by Crippen LogP contribution is -2.50. The molecule has 2 aromatic rings. The lowest BCUT2D eigenvalue weighted by molar-refractivity contribution is -0.135. The zero-order chi connectivity index (χ0) is 17.6. The van der Waals surface area contributed by atoms with Crippen LogP contribution in [0.25, 0.3) is 0 Å². The summed E-state index contributed by atoms with van der Waals surface area (Å²) in [6.07, 6.45) is 1.84. The molecular weight excluding hydrogens is 312 g/mol. The van der Waals surface area contributed by atoms with Gasteiger partial charge in [-0.3, -0.25) is 19.6 Å². The molecule has 25 heavy (non-hydrogen) atoms. The summed E-state index contributed by atoms with van der Waals surface area (Å²) in [7, 11) is 3.66. The number of pyridine rings is 1. The van der Waals surface area contributed by atoms with Crippen molar-refractivity contribution < 1.29 is 4.79 Å². The number of hydrogen-bond donors (Lipinski definition) is 0. The van der Waals surface area contributed by atoms with Gasteiger partial charge in [0.25, 0.3) is 0 Å². The molecule has 0 radical (unpaired) electrons. The molecule has 1 saturated heterocycles. The maximum absolute atomic E-state index is 12.8. The summed E-state index contributed by atoms with van der Waals surface area (Å²) in [6.45, 7) is 4.52.